The number of ether oxygens (including phenoxy) is 1. The highest BCUT2D eigenvalue weighted by molar-refractivity contribution is 5.40. The standard InChI is InChI=1S/C12H14N2O/c1-14-12-5-2-9-8-10(15-7-6-13)3-4-11(9)12/h3-4,8,12,14H,2,5,7H2,1H3. The predicted molar refractivity (Wildman–Crippen MR) is 57.7 cm³/mol. The van der Waals surface area contributed by atoms with Gasteiger partial charge in [-0.1, -0.05) is 6.07 Å². The second-order valence-corrected chi connectivity index (χ2v) is 3.69. The van der Waals surface area contributed by atoms with Crippen LogP contribution in [0.3, 0.4) is 0 Å². The number of fused-ring (bicyclic) bond motifs is 1. The van der Waals surface area contributed by atoms with E-state index in [1.807, 2.05) is 25.2 Å². The normalized spacial score (nSPS) is 18.3. The lowest BCUT2D eigenvalue weighted by atomic mass is 10.1. The summed E-state index contributed by atoms with van der Waals surface area (Å²) in [6.45, 7) is 0.119. The molecule has 2 rings (SSSR count). The lowest BCUT2D eigenvalue weighted by Gasteiger charge is -2.10. The van der Waals surface area contributed by atoms with Crippen molar-refractivity contribution in [2.24, 2.45) is 0 Å². The van der Waals surface area contributed by atoms with Crippen molar-refractivity contribution in [3.05, 3.63) is 29.3 Å². The van der Waals surface area contributed by atoms with Crippen molar-refractivity contribution in [2.45, 2.75) is 18.9 Å². The van der Waals surface area contributed by atoms with Crippen LogP contribution in [0.1, 0.15) is 23.6 Å². The van der Waals surface area contributed by atoms with Crippen LogP contribution in [-0.4, -0.2) is 13.7 Å². The summed E-state index contributed by atoms with van der Waals surface area (Å²) in [5, 5.41) is 11.7. The summed E-state index contributed by atoms with van der Waals surface area (Å²) in [4.78, 5) is 0. The van der Waals surface area contributed by atoms with Crippen LogP contribution in [0, 0.1) is 11.3 Å². The third-order valence-electron chi connectivity index (χ3n) is 2.84. The summed E-state index contributed by atoms with van der Waals surface area (Å²) in [5.74, 6) is 0.798. The molecule has 0 heterocycles. The molecule has 1 N–H and O–H groups in total. The molecule has 0 saturated carbocycles. The minimum Gasteiger partial charge on any atom is -0.479 e. The molecule has 0 amide bonds. The van der Waals surface area contributed by atoms with E-state index >= 15 is 0 Å². The highest BCUT2D eigenvalue weighted by Gasteiger charge is 2.20. The first kappa shape index (κ1) is 10.0. The molecule has 15 heavy (non-hydrogen) atoms. The van der Waals surface area contributed by atoms with Crippen LogP contribution in [0.2, 0.25) is 0 Å². The first-order valence-electron chi connectivity index (χ1n) is 5.15. The van der Waals surface area contributed by atoms with Gasteiger partial charge in [0.15, 0.2) is 6.61 Å². The molecule has 0 spiro atoms. The summed E-state index contributed by atoms with van der Waals surface area (Å²) >= 11 is 0. The Labute approximate surface area is 89.7 Å². The zero-order valence-corrected chi connectivity index (χ0v) is 8.79. The van der Waals surface area contributed by atoms with Gasteiger partial charge < -0.3 is 10.1 Å². The number of nitriles is 1. The third-order valence-corrected chi connectivity index (χ3v) is 2.84. The molecule has 1 aromatic carbocycles. The number of hydrogen-bond acceptors (Lipinski definition) is 3. The smallest absolute Gasteiger partial charge is 0.174 e. The highest BCUT2D eigenvalue weighted by Crippen LogP contribution is 2.33. The Morgan fingerprint density at radius 1 is 1.60 bits per heavy atom. The fourth-order valence-electron chi connectivity index (χ4n) is 2.10. The second kappa shape index (κ2) is 4.33. The molecule has 1 aliphatic rings. The minimum absolute atomic E-state index is 0.119. The number of benzene rings is 1. The van der Waals surface area contributed by atoms with E-state index in [4.69, 9.17) is 10.00 Å². The number of rotatable bonds is 3. The number of nitrogens with one attached hydrogen (secondary N) is 1. The van der Waals surface area contributed by atoms with Crippen molar-refractivity contribution >= 4 is 0 Å². The summed E-state index contributed by atoms with van der Waals surface area (Å²) < 4.78 is 5.27. The third kappa shape index (κ3) is 1.95. The number of nitrogens with zero attached hydrogens (tertiary/aromatic N) is 1. The van der Waals surface area contributed by atoms with Crippen molar-refractivity contribution in [3.63, 3.8) is 0 Å². The van der Waals surface area contributed by atoms with Crippen LogP contribution in [0.25, 0.3) is 0 Å². The summed E-state index contributed by atoms with van der Waals surface area (Å²) in [6, 6.07) is 8.52. The Bertz CT molecular complexity index is 395. The Balaban J connectivity index is 2.18. The molecule has 0 aliphatic heterocycles. The van der Waals surface area contributed by atoms with Crippen LogP contribution >= 0.6 is 0 Å². The maximum Gasteiger partial charge on any atom is 0.174 e. The van der Waals surface area contributed by atoms with Crippen molar-refractivity contribution in [2.75, 3.05) is 13.7 Å². The molecule has 1 unspecified atom stereocenters. The molecule has 0 bridgehead atoms. The first-order valence-corrected chi connectivity index (χ1v) is 5.15. The topological polar surface area (TPSA) is 45.0 Å². The highest BCUT2D eigenvalue weighted by atomic mass is 16.5. The molecule has 0 fully saturated rings. The van der Waals surface area contributed by atoms with Crippen molar-refractivity contribution in [1.82, 2.24) is 5.32 Å². The fraction of sp³-hybridized carbons (Fsp3) is 0.417. The van der Waals surface area contributed by atoms with Crippen LogP contribution in [0.5, 0.6) is 5.75 Å². The Morgan fingerprint density at radius 3 is 3.20 bits per heavy atom. The molecule has 0 saturated heterocycles. The van der Waals surface area contributed by atoms with Gasteiger partial charge in [-0.15, -0.1) is 0 Å². The maximum absolute atomic E-state index is 8.42. The zero-order valence-electron chi connectivity index (χ0n) is 8.79. The van der Waals surface area contributed by atoms with E-state index in [1.165, 1.54) is 11.1 Å². The number of hydrogen-bond donors (Lipinski definition) is 1. The molecule has 0 aromatic heterocycles. The van der Waals surface area contributed by atoms with Gasteiger partial charge in [-0.2, -0.15) is 5.26 Å². The zero-order chi connectivity index (χ0) is 10.7. The van der Waals surface area contributed by atoms with E-state index in [9.17, 15) is 0 Å². The van der Waals surface area contributed by atoms with Gasteiger partial charge in [0, 0.05) is 6.04 Å². The molecule has 3 heteroatoms. The van der Waals surface area contributed by atoms with E-state index in [1.54, 1.807) is 0 Å². The average Bonchev–Trinajstić information content (AvgIpc) is 2.68. The minimum atomic E-state index is 0.119. The molecule has 78 valence electrons. The Kier molecular flexibility index (Phi) is 2.89. The van der Waals surface area contributed by atoms with Crippen LogP contribution in [0.4, 0.5) is 0 Å². The van der Waals surface area contributed by atoms with Crippen molar-refractivity contribution in [1.29, 1.82) is 5.26 Å². The number of aryl methyl sites for hydroxylation is 1. The average molecular weight is 202 g/mol. The molecule has 1 aliphatic carbocycles. The van der Waals surface area contributed by atoms with Gasteiger partial charge in [-0.25, -0.2) is 0 Å². The maximum atomic E-state index is 8.42. The van der Waals surface area contributed by atoms with Crippen LogP contribution in [-0.2, 0) is 6.42 Å². The van der Waals surface area contributed by atoms with E-state index in [0.29, 0.717) is 6.04 Å². The monoisotopic (exact) mass is 202 g/mol. The molecule has 1 aromatic rings. The lowest BCUT2D eigenvalue weighted by molar-refractivity contribution is 0.368. The SMILES string of the molecule is CNC1CCc2cc(OCC#N)ccc21. The second-order valence-electron chi connectivity index (χ2n) is 3.69. The largest absolute Gasteiger partial charge is 0.479 e. The molecular formula is C12H14N2O. The van der Waals surface area contributed by atoms with Crippen LogP contribution in [0.15, 0.2) is 18.2 Å². The van der Waals surface area contributed by atoms with Gasteiger partial charge >= 0.3 is 0 Å². The summed E-state index contributed by atoms with van der Waals surface area (Å²) in [6.07, 6.45) is 2.23. The van der Waals surface area contributed by atoms with Gasteiger partial charge in [0.25, 0.3) is 0 Å². The van der Waals surface area contributed by atoms with E-state index in [2.05, 4.69) is 11.4 Å². The van der Waals surface area contributed by atoms with E-state index in [0.717, 1.165) is 18.6 Å². The van der Waals surface area contributed by atoms with E-state index < -0.39 is 0 Å². The van der Waals surface area contributed by atoms with Gasteiger partial charge in [-0.3, -0.25) is 0 Å². The molecule has 0 radical (unpaired) electrons. The quantitative estimate of drug-likeness (QED) is 0.812. The molecular weight excluding hydrogens is 188 g/mol. The Hall–Kier alpha value is -1.53. The summed E-state index contributed by atoms with van der Waals surface area (Å²) in [7, 11) is 1.99. The predicted octanol–water partition coefficient (Wildman–Crippen LogP) is 1.80. The van der Waals surface area contributed by atoms with Gasteiger partial charge in [-0.05, 0) is 43.1 Å². The van der Waals surface area contributed by atoms with Crippen molar-refractivity contribution in [3.8, 4) is 11.8 Å². The van der Waals surface area contributed by atoms with Crippen LogP contribution < -0.4 is 10.1 Å². The fourth-order valence-corrected chi connectivity index (χ4v) is 2.10. The van der Waals surface area contributed by atoms with E-state index in [-0.39, 0.29) is 6.61 Å². The molecule has 3 nitrogen and oxygen atoms in total. The van der Waals surface area contributed by atoms with Gasteiger partial charge in [0.2, 0.25) is 0 Å². The first-order chi connectivity index (χ1) is 7.35. The van der Waals surface area contributed by atoms with Gasteiger partial charge in [0.05, 0.1) is 0 Å². The lowest BCUT2D eigenvalue weighted by Crippen LogP contribution is -2.12. The summed E-state index contributed by atoms with van der Waals surface area (Å²) in [5.41, 5.74) is 2.70. The molecule has 1 atom stereocenters. The van der Waals surface area contributed by atoms with Gasteiger partial charge in [0.1, 0.15) is 11.8 Å². The Morgan fingerprint density at radius 2 is 2.47 bits per heavy atom. The van der Waals surface area contributed by atoms with Crippen molar-refractivity contribution < 1.29 is 4.74 Å².